The minimum Gasteiger partial charge on any atom is -0.345 e. The highest BCUT2D eigenvalue weighted by Crippen LogP contribution is 2.48. The number of hydrogen-bond donors (Lipinski definition) is 1. The molecule has 1 aromatic carbocycles. The molecular formula is C18H20F2N2O2. The fourth-order valence-electron chi connectivity index (χ4n) is 3.21. The molecule has 1 aromatic rings. The molecule has 0 spiro atoms. The van der Waals surface area contributed by atoms with Crippen LogP contribution in [0.25, 0.3) is 0 Å². The molecule has 0 aromatic heterocycles. The second kappa shape index (κ2) is 6.00. The summed E-state index contributed by atoms with van der Waals surface area (Å²) >= 11 is 0. The summed E-state index contributed by atoms with van der Waals surface area (Å²) in [7, 11) is 0. The number of rotatable bonds is 4. The van der Waals surface area contributed by atoms with Gasteiger partial charge in [0, 0.05) is 19.5 Å². The smallest absolute Gasteiger partial charge is 0.271 e. The molecule has 1 atom stereocenters. The molecule has 3 rings (SSSR count). The molecule has 1 aliphatic carbocycles. The molecule has 1 saturated carbocycles. The van der Waals surface area contributed by atoms with Crippen LogP contribution in [0, 0.1) is 0 Å². The molecule has 0 bridgehead atoms. The van der Waals surface area contributed by atoms with Crippen molar-refractivity contribution in [1.29, 1.82) is 0 Å². The third-order valence-electron chi connectivity index (χ3n) is 4.93. The minimum absolute atomic E-state index is 0.0337. The topological polar surface area (TPSA) is 49.4 Å². The highest BCUT2D eigenvalue weighted by atomic mass is 19.3. The summed E-state index contributed by atoms with van der Waals surface area (Å²) in [6.45, 7) is 3.15. The molecule has 1 N–H and O–H groups in total. The summed E-state index contributed by atoms with van der Waals surface area (Å²) in [6, 6.07) is 7.85. The van der Waals surface area contributed by atoms with E-state index < -0.39 is 29.7 Å². The van der Waals surface area contributed by atoms with Crippen LogP contribution in [0.15, 0.2) is 43.0 Å². The maximum absolute atomic E-state index is 14.2. The zero-order chi connectivity index (χ0) is 17.4. The first-order valence-corrected chi connectivity index (χ1v) is 8.05. The molecule has 0 unspecified atom stereocenters. The summed E-state index contributed by atoms with van der Waals surface area (Å²) in [6.07, 6.45) is 1.94. The van der Waals surface area contributed by atoms with E-state index in [2.05, 4.69) is 11.9 Å². The number of carbonyl (C=O) groups is 2. The Morgan fingerprint density at radius 3 is 2.46 bits per heavy atom. The van der Waals surface area contributed by atoms with Crippen molar-refractivity contribution in [3.05, 3.63) is 48.6 Å². The monoisotopic (exact) mass is 334 g/mol. The van der Waals surface area contributed by atoms with Crippen molar-refractivity contribution in [2.45, 2.75) is 36.6 Å². The van der Waals surface area contributed by atoms with Gasteiger partial charge in [0.15, 0.2) is 0 Å². The van der Waals surface area contributed by atoms with Crippen LogP contribution in [-0.4, -0.2) is 41.8 Å². The Balaban J connectivity index is 1.75. The van der Waals surface area contributed by atoms with E-state index in [4.69, 9.17) is 0 Å². The van der Waals surface area contributed by atoms with Crippen LogP contribution >= 0.6 is 0 Å². The van der Waals surface area contributed by atoms with Crippen molar-refractivity contribution >= 4 is 11.8 Å². The van der Waals surface area contributed by atoms with Crippen molar-refractivity contribution < 1.29 is 18.4 Å². The molecule has 6 heteroatoms. The number of benzene rings is 1. The number of nitrogens with zero attached hydrogens (tertiary/aromatic N) is 1. The molecule has 128 valence electrons. The van der Waals surface area contributed by atoms with Gasteiger partial charge < -0.3 is 10.2 Å². The SMILES string of the molecule is C=CC(=O)N1CCC(F)(F)[C@H](NC(=O)C2(c3ccccc3)CC2)C1. The van der Waals surface area contributed by atoms with Crippen LogP contribution in [-0.2, 0) is 15.0 Å². The fourth-order valence-corrected chi connectivity index (χ4v) is 3.21. The predicted octanol–water partition coefficient (Wildman–Crippen LogP) is 2.26. The largest absolute Gasteiger partial charge is 0.345 e. The van der Waals surface area contributed by atoms with Gasteiger partial charge in [0.1, 0.15) is 6.04 Å². The molecule has 1 heterocycles. The Morgan fingerprint density at radius 2 is 1.88 bits per heavy atom. The third kappa shape index (κ3) is 2.92. The van der Waals surface area contributed by atoms with Crippen LogP contribution in [0.4, 0.5) is 8.78 Å². The van der Waals surface area contributed by atoms with E-state index in [9.17, 15) is 18.4 Å². The van der Waals surface area contributed by atoms with Gasteiger partial charge in [0.2, 0.25) is 11.8 Å². The van der Waals surface area contributed by atoms with Crippen molar-refractivity contribution in [2.75, 3.05) is 13.1 Å². The van der Waals surface area contributed by atoms with Gasteiger partial charge in [-0.2, -0.15) is 0 Å². The number of halogens is 2. The zero-order valence-corrected chi connectivity index (χ0v) is 13.3. The summed E-state index contributed by atoms with van der Waals surface area (Å²) in [5.41, 5.74) is 0.142. The Labute approximate surface area is 139 Å². The van der Waals surface area contributed by atoms with E-state index in [0.717, 1.165) is 11.6 Å². The molecule has 1 aliphatic heterocycles. The van der Waals surface area contributed by atoms with Crippen LogP contribution in [0.1, 0.15) is 24.8 Å². The number of carbonyl (C=O) groups excluding carboxylic acids is 2. The predicted molar refractivity (Wildman–Crippen MR) is 85.6 cm³/mol. The second-order valence-electron chi connectivity index (χ2n) is 6.47. The fraction of sp³-hybridized carbons (Fsp3) is 0.444. The van der Waals surface area contributed by atoms with Crippen LogP contribution in [0.2, 0.25) is 0 Å². The van der Waals surface area contributed by atoms with Crippen molar-refractivity contribution in [1.82, 2.24) is 10.2 Å². The molecule has 1 saturated heterocycles. The Morgan fingerprint density at radius 1 is 1.21 bits per heavy atom. The summed E-state index contributed by atoms with van der Waals surface area (Å²) in [5, 5.41) is 2.50. The Bertz CT molecular complexity index is 656. The summed E-state index contributed by atoms with van der Waals surface area (Å²) < 4.78 is 28.4. The number of nitrogens with one attached hydrogen (secondary N) is 1. The summed E-state index contributed by atoms with van der Waals surface area (Å²) in [4.78, 5) is 25.7. The lowest BCUT2D eigenvalue weighted by Gasteiger charge is -2.38. The Kier molecular flexibility index (Phi) is 4.15. The number of piperidine rings is 1. The van der Waals surface area contributed by atoms with Gasteiger partial charge in [-0.1, -0.05) is 36.9 Å². The lowest BCUT2D eigenvalue weighted by molar-refractivity contribution is -0.141. The zero-order valence-electron chi connectivity index (χ0n) is 13.3. The molecule has 4 nitrogen and oxygen atoms in total. The molecule has 2 amide bonds. The van der Waals surface area contributed by atoms with E-state index >= 15 is 0 Å². The van der Waals surface area contributed by atoms with Crippen LogP contribution in [0.3, 0.4) is 0 Å². The average molecular weight is 334 g/mol. The normalized spacial score (nSPS) is 24.1. The first-order valence-electron chi connectivity index (χ1n) is 8.05. The molecule has 24 heavy (non-hydrogen) atoms. The lowest BCUT2D eigenvalue weighted by Crippen LogP contribution is -2.60. The molecular weight excluding hydrogens is 314 g/mol. The van der Waals surface area contributed by atoms with Gasteiger partial charge in [-0.3, -0.25) is 9.59 Å². The van der Waals surface area contributed by atoms with Gasteiger partial charge in [-0.15, -0.1) is 0 Å². The number of hydrogen-bond acceptors (Lipinski definition) is 2. The van der Waals surface area contributed by atoms with Gasteiger partial charge >= 0.3 is 0 Å². The van der Waals surface area contributed by atoms with Gasteiger partial charge in [0.05, 0.1) is 5.41 Å². The standard InChI is InChI=1S/C18H20F2N2O2/c1-2-15(23)22-11-10-18(19,20)14(12-22)21-16(24)17(8-9-17)13-6-4-3-5-7-13/h2-7,14H,1,8-12H2,(H,21,24)/t14-/m1/s1. The van der Waals surface area contributed by atoms with Crippen LogP contribution < -0.4 is 5.32 Å². The number of likely N-dealkylation sites (tertiary alicyclic amines) is 1. The van der Waals surface area contributed by atoms with E-state index in [1.165, 1.54) is 4.90 Å². The van der Waals surface area contributed by atoms with E-state index in [1.807, 2.05) is 30.3 Å². The van der Waals surface area contributed by atoms with Crippen molar-refractivity contribution in [3.63, 3.8) is 0 Å². The number of alkyl halides is 2. The van der Waals surface area contributed by atoms with E-state index in [-0.39, 0.29) is 19.0 Å². The number of amides is 2. The van der Waals surface area contributed by atoms with E-state index in [1.54, 1.807) is 0 Å². The maximum atomic E-state index is 14.2. The van der Waals surface area contributed by atoms with Crippen molar-refractivity contribution in [3.8, 4) is 0 Å². The maximum Gasteiger partial charge on any atom is 0.271 e. The summed E-state index contributed by atoms with van der Waals surface area (Å²) in [5.74, 6) is -3.80. The minimum atomic E-state index is -3.03. The first kappa shape index (κ1) is 16.6. The van der Waals surface area contributed by atoms with Crippen LogP contribution in [0.5, 0.6) is 0 Å². The van der Waals surface area contributed by atoms with Gasteiger partial charge in [-0.05, 0) is 24.5 Å². The highest BCUT2D eigenvalue weighted by Gasteiger charge is 2.54. The second-order valence-corrected chi connectivity index (χ2v) is 6.47. The van der Waals surface area contributed by atoms with Crippen molar-refractivity contribution in [2.24, 2.45) is 0 Å². The first-order chi connectivity index (χ1) is 11.4. The van der Waals surface area contributed by atoms with E-state index in [0.29, 0.717) is 12.8 Å². The molecule has 2 aliphatic rings. The highest BCUT2D eigenvalue weighted by molar-refractivity contribution is 5.92. The molecule has 2 fully saturated rings. The average Bonchev–Trinajstić information content (AvgIpc) is 3.38. The quantitative estimate of drug-likeness (QED) is 0.859. The Hall–Kier alpha value is -2.24. The van der Waals surface area contributed by atoms with Gasteiger partial charge in [-0.25, -0.2) is 8.78 Å². The third-order valence-corrected chi connectivity index (χ3v) is 4.93. The lowest BCUT2D eigenvalue weighted by atomic mass is 9.93. The molecule has 0 radical (unpaired) electrons. The van der Waals surface area contributed by atoms with Gasteiger partial charge in [0.25, 0.3) is 5.92 Å².